The number of aliphatic imine (C=N–C) groups is 1. The number of hydrogen-bond acceptors (Lipinski definition) is 5. The molecule has 0 saturated carbocycles. The van der Waals surface area contributed by atoms with Crippen LogP contribution in [-0.2, 0) is 9.47 Å². The summed E-state index contributed by atoms with van der Waals surface area (Å²) in [7, 11) is 0. The lowest BCUT2D eigenvalue weighted by molar-refractivity contribution is -0.0318. The summed E-state index contributed by atoms with van der Waals surface area (Å²) in [4.78, 5) is 7.22. The number of hydrogen-bond donors (Lipinski definition) is 2. The zero-order chi connectivity index (χ0) is 18.7. The molecule has 2 N–H and O–H groups in total. The average molecular weight is 522 g/mol. The van der Waals surface area contributed by atoms with Gasteiger partial charge in [-0.05, 0) is 56.5 Å². The van der Waals surface area contributed by atoms with E-state index in [1.807, 2.05) is 11.3 Å². The minimum absolute atomic E-state index is 0. The molecule has 0 unspecified atom stereocenters. The van der Waals surface area contributed by atoms with Gasteiger partial charge in [0, 0.05) is 52.0 Å². The molecule has 3 rings (SSSR count). The van der Waals surface area contributed by atoms with Gasteiger partial charge in [0.05, 0.1) is 11.1 Å². The number of piperidine rings is 1. The summed E-state index contributed by atoms with van der Waals surface area (Å²) in [6, 6.07) is 4.84. The molecule has 2 aliphatic rings. The fraction of sp³-hybridized carbons (Fsp3) is 0.750. The van der Waals surface area contributed by atoms with Crippen molar-refractivity contribution in [2.24, 2.45) is 4.99 Å². The van der Waals surface area contributed by atoms with Gasteiger partial charge in [-0.2, -0.15) is 0 Å². The molecule has 28 heavy (non-hydrogen) atoms. The molecule has 0 amide bonds. The first-order valence-corrected chi connectivity index (χ1v) is 11.3. The third kappa shape index (κ3) is 8.04. The molecule has 160 valence electrons. The number of thiophene rings is 1. The summed E-state index contributed by atoms with van der Waals surface area (Å²) in [6.07, 6.45) is 5.69. The Kier molecular flexibility index (Phi) is 11.5. The van der Waals surface area contributed by atoms with E-state index < -0.39 is 0 Å². The number of halogens is 1. The van der Waals surface area contributed by atoms with Crippen molar-refractivity contribution in [2.75, 3.05) is 50.9 Å². The Hall–Kier alpha value is -0.580. The zero-order valence-corrected chi connectivity index (χ0v) is 20.0. The highest BCUT2D eigenvalue weighted by Gasteiger charge is 2.20. The molecule has 3 heterocycles. The molecular formula is C20H35IN4O2S. The summed E-state index contributed by atoms with van der Waals surface area (Å²) in [5.41, 5.74) is 0. The zero-order valence-electron chi connectivity index (χ0n) is 16.9. The molecule has 0 aromatic carbocycles. The van der Waals surface area contributed by atoms with Crippen molar-refractivity contribution < 1.29 is 9.47 Å². The van der Waals surface area contributed by atoms with E-state index in [9.17, 15) is 0 Å². The smallest absolute Gasteiger partial charge is 0.191 e. The number of nitrogens with zero attached hydrogens (tertiary/aromatic N) is 2. The van der Waals surface area contributed by atoms with Crippen LogP contribution < -0.4 is 15.5 Å². The summed E-state index contributed by atoms with van der Waals surface area (Å²) in [5, 5.41) is 10.5. The van der Waals surface area contributed by atoms with Crippen LogP contribution in [0.2, 0.25) is 0 Å². The molecule has 1 aromatic heterocycles. The van der Waals surface area contributed by atoms with Crippen LogP contribution in [0.25, 0.3) is 0 Å². The summed E-state index contributed by atoms with van der Waals surface area (Å²) >= 11 is 1.83. The van der Waals surface area contributed by atoms with Gasteiger partial charge in [0.1, 0.15) is 0 Å². The van der Waals surface area contributed by atoms with Crippen LogP contribution in [-0.4, -0.2) is 64.1 Å². The quantitative estimate of drug-likeness (QED) is 0.237. The lowest BCUT2D eigenvalue weighted by atomic mass is 10.1. The third-order valence-corrected chi connectivity index (χ3v) is 6.02. The SMILES string of the molecule is CCNC(=NCCCOC1CCOCC1)NC1CCN(c2cccs2)CC1.I. The molecule has 6 nitrogen and oxygen atoms in total. The normalized spacial score (nSPS) is 19.3. The summed E-state index contributed by atoms with van der Waals surface area (Å²) < 4.78 is 11.3. The molecule has 2 fully saturated rings. The van der Waals surface area contributed by atoms with Crippen molar-refractivity contribution in [3.8, 4) is 0 Å². The number of ether oxygens (including phenoxy) is 2. The van der Waals surface area contributed by atoms with Gasteiger partial charge < -0.3 is 25.0 Å². The van der Waals surface area contributed by atoms with Gasteiger partial charge in [-0.3, -0.25) is 4.99 Å². The Labute approximate surface area is 190 Å². The first-order chi connectivity index (χ1) is 13.3. The maximum Gasteiger partial charge on any atom is 0.191 e. The minimum atomic E-state index is 0. The number of rotatable bonds is 8. The Morgan fingerprint density at radius 2 is 2.07 bits per heavy atom. The van der Waals surface area contributed by atoms with E-state index in [0.29, 0.717) is 12.1 Å². The second kappa shape index (κ2) is 13.6. The first-order valence-electron chi connectivity index (χ1n) is 10.4. The van der Waals surface area contributed by atoms with Crippen LogP contribution in [0.5, 0.6) is 0 Å². The largest absolute Gasteiger partial charge is 0.381 e. The van der Waals surface area contributed by atoms with Crippen LogP contribution in [0.4, 0.5) is 5.00 Å². The fourth-order valence-electron chi connectivity index (χ4n) is 3.56. The standard InChI is InChI=1S/C20H34N4O2S.HI/c1-2-21-20(22-10-4-13-26-18-8-14-25-15-9-18)23-17-6-11-24(12-7-17)19-5-3-16-27-19;/h3,5,16-18H,2,4,6-15H2,1H3,(H2,21,22,23);1H. The van der Waals surface area contributed by atoms with E-state index in [1.54, 1.807) is 0 Å². The van der Waals surface area contributed by atoms with E-state index in [-0.39, 0.29) is 24.0 Å². The monoisotopic (exact) mass is 522 g/mol. The topological polar surface area (TPSA) is 58.1 Å². The van der Waals surface area contributed by atoms with E-state index >= 15 is 0 Å². The van der Waals surface area contributed by atoms with Crippen molar-refractivity contribution in [1.82, 2.24) is 10.6 Å². The Balaban J connectivity index is 0.00000280. The van der Waals surface area contributed by atoms with Crippen molar-refractivity contribution in [3.05, 3.63) is 17.5 Å². The number of nitrogens with one attached hydrogen (secondary N) is 2. The van der Waals surface area contributed by atoms with Crippen LogP contribution in [0, 0.1) is 0 Å². The van der Waals surface area contributed by atoms with Gasteiger partial charge in [0.25, 0.3) is 0 Å². The second-order valence-corrected chi connectivity index (χ2v) is 8.08. The second-order valence-electron chi connectivity index (χ2n) is 7.15. The predicted octanol–water partition coefficient (Wildman–Crippen LogP) is 3.48. The maximum absolute atomic E-state index is 5.93. The molecule has 0 aliphatic carbocycles. The molecule has 2 aliphatic heterocycles. The van der Waals surface area contributed by atoms with Crippen molar-refractivity contribution in [3.63, 3.8) is 0 Å². The fourth-order valence-corrected chi connectivity index (χ4v) is 4.34. The van der Waals surface area contributed by atoms with Crippen LogP contribution in [0.1, 0.15) is 39.0 Å². The van der Waals surface area contributed by atoms with E-state index in [1.165, 1.54) is 5.00 Å². The highest BCUT2D eigenvalue weighted by molar-refractivity contribution is 14.0. The minimum Gasteiger partial charge on any atom is -0.381 e. The van der Waals surface area contributed by atoms with Gasteiger partial charge in [-0.25, -0.2) is 0 Å². The number of guanidine groups is 1. The Morgan fingerprint density at radius 3 is 2.75 bits per heavy atom. The summed E-state index contributed by atoms with van der Waals surface area (Å²) in [6.45, 7) is 8.47. The number of anilines is 1. The van der Waals surface area contributed by atoms with Gasteiger partial charge in [-0.1, -0.05) is 0 Å². The van der Waals surface area contributed by atoms with Gasteiger partial charge >= 0.3 is 0 Å². The lowest BCUT2D eigenvalue weighted by Crippen LogP contribution is -2.48. The first kappa shape index (κ1) is 23.7. The van der Waals surface area contributed by atoms with Crippen LogP contribution in [0.3, 0.4) is 0 Å². The van der Waals surface area contributed by atoms with Crippen LogP contribution in [0.15, 0.2) is 22.5 Å². The van der Waals surface area contributed by atoms with Gasteiger partial charge in [0.2, 0.25) is 0 Å². The van der Waals surface area contributed by atoms with E-state index in [4.69, 9.17) is 14.5 Å². The molecule has 0 spiro atoms. The molecule has 2 saturated heterocycles. The van der Waals surface area contributed by atoms with E-state index in [2.05, 4.69) is 40.0 Å². The molecule has 0 atom stereocenters. The molecule has 8 heteroatoms. The van der Waals surface area contributed by atoms with E-state index in [0.717, 1.165) is 84.1 Å². The highest BCUT2D eigenvalue weighted by atomic mass is 127. The van der Waals surface area contributed by atoms with Gasteiger partial charge in [-0.15, -0.1) is 35.3 Å². The molecular weight excluding hydrogens is 487 g/mol. The average Bonchev–Trinajstić information content (AvgIpc) is 3.24. The lowest BCUT2D eigenvalue weighted by Gasteiger charge is -2.33. The van der Waals surface area contributed by atoms with Crippen molar-refractivity contribution >= 4 is 46.3 Å². The molecule has 1 aromatic rings. The predicted molar refractivity (Wildman–Crippen MR) is 128 cm³/mol. The van der Waals surface area contributed by atoms with Crippen molar-refractivity contribution in [1.29, 1.82) is 0 Å². The Morgan fingerprint density at radius 1 is 1.29 bits per heavy atom. The van der Waals surface area contributed by atoms with Gasteiger partial charge in [0.15, 0.2) is 5.96 Å². The Bertz CT molecular complexity index is 544. The summed E-state index contributed by atoms with van der Waals surface area (Å²) in [5.74, 6) is 0.943. The third-order valence-electron chi connectivity index (χ3n) is 5.09. The van der Waals surface area contributed by atoms with Crippen molar-refractivity contribution in [2.45, 2.75) is 51.2 Å². The molecule has 0 radical (unpaired) electrons. The van der Waals surface area contributed by atoms with Crippen LogP contribution >= 0.6 is 35.3 Å². The molecule has 0 bridgehead atoms. The highest BCUT2D eigenvalue weighted by Crippen LogP contribution is 2.24. The maximum atomic E-state index is 5.93.